The minimum atomic E-state index is -3.14. The Morgan fingerprint density at radius 1 is 1.08 bits per heavy atom. The Hall–Kier alpha value is -1.40. The van der Waals surface area contributed by atoms with Crippen LogP contribution in [0.1, 0.15) is 49.8 Å². The molecule has 1 aromatic rings. The molecule has 3 rings (SSSR count). The lowest BCUT2D eigenvalue weighted by Gasteiger charge is -2.34. The van der Waals surface area contributed by atoms with Crippen molar-refractivity contribution in [1.29, 1.82) is 0 Å². The highest BCUT2D eigenvalue weighted by Crippen LogP contribution is 2.35. The quantitative estimate of drug-likeness (QED) is 0.825. The molecule has 5 nitrogen and oxygen atoms in total. The highest BCUT2D eigenvalue weighted by Gasteiger charge is 2.36. The third-order valence-corrected chi connectivity index (χ3v) is 7.44. The maximum absolute atomic E-state index is 13.0. The highest BCUT2D eigenvalue weighted by atomic mass is 32.2. The molecule has 1 aromatic carbocycles. The average Bonchev–Trinajstić information content (AvgIpc) is 3.11. The summed E-state index contributed by atoms with van der Waals surface area (Å²) in [5.74, 6) is 0.290. The van der Waals surface area contributed by atoms with E-state index in [2.05, 4.69) is 31.2 Å². The Bertz CT molecular complexity index is 707. The lowest BCUT2D eigenvalue weighted by Crippen LogP contribution is -2.44. The Balaban J connectivity index is 1.66. The normalized spacial score (nSPS) is 23.1. The molecule has 0 aromatic heterocycles. The van der Waals surface area contributed by atoms with Gasteiger partial charge in [-0.1, -0.05) is 29.8 Å². The number of rotatable bonds is 4. The van der Waals surface area contributed by atoms with Crippen molar-refractivity contribution in [2.24, 2.45) is 5.92 Å². The first-order chi connectivity index (χ1) is 11.9. The molecular formula is C19H28N2O3S. The van der Waals surface area contributed by atoms with Gasteiger partial charge in [0.1, 0.15) is 0 Å². The number of piperidine rings is 1. The van der Waals surface area contributed by atoms with Gasteiger partial charge < -0.3 is 4.90 Å². The van der Waals surface area contributed by atoms with Gasteiger partial charge in [0.15, 0.2) is 0 Å². The molecule has 2 saturated heterocycles. The summed E-state index contributed by atoms with van der Waals surface area (Å²) in [5, 5.41) is 0. The van der Waals surface area contributed by atoms with E-state index in [1.807, 2.05) is 4.90 Å². The van der Waals surface area contributed by atoms with Gasteiger partial charge in [0, 0.05) is 25.6 Å². The molecule has 0 bridgehead atoms. The second-order valence-electron chi connectivity index (χ2n) is 7.17. The van der Waals surface area contributed by atoms with Gasteiger partial charge in [-0.2, -0.15) is 0 Å². The number of aryl methyl sites for hydroxylation is 1. The van der Waals surface area contributed by atoms with Crippen LogP contribution in [0.5, 0.6) is 0 Å². The number of amides is 1. The fourth-order valence-electron chi connectivity index (χ4n) is 3.96. The summed E-state index contributed by atoms with van der Waals surface area (Å²) in [5.41, 5.74) is 2.44. The van der Waals surface area contributed by atoms with E-state index >= 15 is 0 Å². The van der Waals surface area contributed by atoms with Gasteiger partial charge in [0.25, 0.3) is 0 Å². The van der Waals surface area contributed by atoms with E-state index < -0.39 is 10.0 Å². The lowest BCUT2D eigenvalue weighted by molar-refractivity contribution is -0.137. The van der Waals surface area contributed by atoms with E-state index in [4.69, 9.17) is 0 Å². The molecule has 1 atom stereocenters. The zero-order chi connectivity index (χ0) is 18.0. The van der Waals surface area contributed by atoms with Crippen LogP contribution in [0, 0.1) is 12.8 Å². The van der Waals surface area contributed by atoms with Gasteiger partial charge in [0.05, 0.1) is 11.8 Å². The largest absolute Gasteiger partial charge is 0.335 e. The first-order valence-electron chi connectivity index (χ1n) is 9.27. The summed E-state index contributed by atoms with van der Waals surface area (Å²) in [6, 6.07) is 8.63. The molecule has 0 spiro atoms. The molecule has 0 aliphatic carbocycles. The van der Waals surface area contributed by atoms with Gasteiger partial charge in [-0.15, -0.1) is 0 Å². The number of hydrogen-bond acceptors (Lipinski definition) is 3. The summed E-state index contributed by atoms with van der Waals surface area (Å²) in [6.07, 6.45) is 3.32. The molecule has 2 fully saturated rings. The van der Waals surface area contributed by atoms with Crippen LogP contribution in [0.3, 0.4) is 0 Å². The number of likely N-dealkylation sites (tertiary alicyclic amines) is 1. The standard InChI is InChI=1S/C19H28N2O3S/c1-3-25(23,24)20-13-10-17(11-14-20)19(22)21-12-4-5-18(21)16-8-6-15(2)7-9-16/h6-9,17-18H,3-5,10-14H2,1-2H3. The third kappa shape index (κ3) is 3.90. The maximum atomic E-state index is 13.0. The predicted molar refractivity (Wildman–Crippen MR) is 98.6 cm³/mol. The van der Waals surface area contributed by atoms with E-state index in [1.54, 1.807) is 6.92 Å². The van der Waals surface area contributed by atoms with E-state index in [1.165, 1.54) is 15.4 Å². The van der Waals surface area contributed by atoms with Crippen LogP contribution in [0.25, 0.3) is 0 Å². The Kier molecular flexibility index (Phi) is 5.49. The zero-order valence-corrected chi connectivity index (χ0v) is 16.0. The summed E-state index contributed by atoms with van der Waals surface area (Å²) in [7, 11) is -3.14. The molecule has 6 heteroatoms. The second-order valence-corrected chi connectivity index (χ2v) is 9.43. The van der Waals surface area contributed by atoms with Crippen LogP contribution in [-0.2, 0) is 14.8 Å². The summed E-state index contributed by atoms with van der Waals surface area (Å²) < 4.78 is 25.5. The minimum absolute atomic E-state index is 0.0469. The van der Waals surface area contributed by atoms with Gasteiger partial charge in [-0.25, -0.2) is 12.7 Å². The SMILES string of the molecule is CCS(=O)(=O)N1CCC(C(=O)N2CCCC2c2ccc(C)cc2)CC1. The van der Waals surface area contributed by atoms with Gasteiger partial charge >= 0.3 is 0 Å². The number of benzene rings is 1. The Morgan fingerprint density at radius 2 is 1.72 bits per heavy atom. The number of carbonyl (C=O) groups excluding carboxylic acids is 1. The molecule has 1 unspecified atom stereocenters. The van der Waals surface area contributed by atoms with Crippen LogP contribution >= 0.6 is 0 Å². The number of sulfonamides is 1. The third-order valence-electron chi connectivity index (χ3n) is 5.56. The first kappa shape index (κ1) is 18.4. The molecule has 0 N–H and O–H groups in total. The van der Waals surface area contributed by atoms with Crippen LogP contribution in [-0.4, -0.2) is 48.9 Å². The molecule has 2 aliphatic rings. The summed E-state index contributed by atoms with van der Waals surface area (Å²) in [4.78, 5) is 15.1. The van der Waals surface area contributed by atoms with E-state index in [0.717, 1.165) is 19.4 Å². The van der Waals surface area contributed by atoms with E-state index in [9.17, 15) is 13.2 Å². The summed E-state index contributed by atoms with van der Waals surface area (Å²) >= 11 is 0. The fraction of sp³-hybridized carbons (Fsp3) is 0.632. The number of carbonyl (C=O) groups is 1. The molecular weight excluding hydrogens is 336 g/mol. The Morgan fingerprint density at radius 3 is 2.32 bits per heavy atom. The van der Waals surface area contributed by atoms with Gasteiger partial charge in [-0.3, -0.25) is 4.79 Å². The van der Waals surface area contributed by atoms with Crippen molar-refractivity contribution in [3.63, 3.8) is 0 Å². The van der Waals surface area contributed by atoms with E-state index in [0.29, 0.717) is 25.9 Å². The Labute approximate surface area is 151 Å². The highest BCUT2D eigenvalue weighted by molar-refractivity contribution is 7.89. The van der Waals surface area contributed by atoms with Crippen molar-refractivity contribution in [3.05, 3.63) is 35.4 Å². The monoisotopic (exact) mass is 364 g/mol. The minimum Gasteiger partial charge on any atom is -0.335 e. The second kappa shape index (κ2) is 7.46. The van der Waals surface area contributed by atoms with Crippen LogP contribution in [0.2, 0.25) is 0 Å². The lowest BCUT2D eigenvalue weighted by atomic mass is 9.95. The summed E-state index contributed by atoms with van der Waals surface area (Å²) in [6.45, 7) is 5.48. The van der Waals surface area contributed by atoms with Crippen LogP contribution in [0.15, 0.2) is 24.3 Å². The molecule has 2 aliphatic heterocycles. The van der Waals surface area contributed by atoms with Crippen molar-refractivity contribution in [2.75, 3.05) is 25.4 Å². The molecule has 138 valence electrons. The zero-order valence-electron chi connectivity index (χ0n) is 15.1. The first-order valence-corrected chi connectivity index (χ1v) is 10.9. The molecule has 1 amide bonds. The fourth-order valence-corrected chi connectivity index (χ4v) is 5.10. The van der Waals surface area contributed by atoms with Gasteiger partial charge in [0.2, 0.25) is 15.9 Å². The topological polar surface area (TPSA) is 57.7 Å². The van der Waals surface area contributed by atoms with Crippen molar-refractivity contribution < 1.29 is 13.2 Å². The maximum Gasteiger partial charge on any atom is 0.226 e. The van der Waals surface area contributed by atoms with Crippen molar-refractivity contribution in [3.8, 4) is 0 Å². The number of hydrogen-bond donors (Lipinski definition) is 0. The van der Waals surface area contributed by atoms with Crippen LogP contribution in [0.4, 0.5) is 0 Å². The van der Waals surface area contributed by atoms with Crippen LogP contribution < -0.4 is 0 Å². The van der Waals surface area contributed by atoms with Crippen molar-refractivity contribution in [1.82, 2.24) is 9.21 Å². The predicted octanol–water partition coefficient (Wildman–Crippen LogP) is 2.72. The number of nitrogens with zero attached hydrogens (tertiary/aromatic N) is 2. The molecule has 2 heterocycles. The van der Waals surface area contributed by atoms with Crippen molar-refractivity contribution in [2.45, 2.75) is 45.6 Å². The average molecular weight is 365 g/mol. The smallest absolute Gasteiger partial charge is 0.226 e. The van der Waals surface area contributed by atoms with E-state index in [-0.39, 0.29) is 23.6 Å². The van der Waals surface area contributed by atoms with Gasteiger partial charge in [-0.05, 0) is 45.1 Å². The molecule has 0 saturated carbocycles. The molecule has 25 heavy (non-hydrogen) atoms. The van der Waals surface area contributed by atoms with Crippen molar-refractivity contribution >= 4 is 15.9 Å². The molecule has 0 radical (unpaired) electrons.